The van der Waals surface area contributed by atoms with Gasteiger partial charge in [0.15, 0.2) is 0 Å². The molecule has 2 aromatic rings. The van der Waals surface area contributed by atoms with E-state index in [1.807, 2.05) is 11.1 Å². The third kappa shape index (κ3) is 4.14. The summed E-state index contributed by atoms with van der Waals surface area (Å²) in [7, 11) is 0. The van der Waals surface area contributed by atoms with Crippen LogP contribution in [0.4, 0.5) is 4.39 Å². The second-order valence-corrected chi connectivity index (χ2v) is 7.69. The summed E-state index contributed by atoms with van der Waals surface area (Å²) in [6, 6.07) is 6.43. The van der Waals surface area contributed by atoms with Crippen LogP contribution in [0.1, 0.15) is 49.4 Å². The predicted octanol–water partition coefficient (Wildman–Crippen LogP) is 3.77. The first-order valence-corrected chi connectivity index (χ1v) is 9.72. The zero-order valence-electron chi connectivity index (χ0n) is 15.1. The molecule has 0 spiro atoms. The van der Waals surface area contributed by atoms with Crippen molar-refractivity contribution < 1.29 is 9.18 Å². The van der Waals surface area contributed by atoms with Crippen LogP contribution in [0.5, 0.6) is 0 Å². The van der Waals surface area contributed by atoms with E-state index in [2.05, 4.69) is 15.7 Å². The van der Waals surface area contributed by atoms with Gasteiger partial charge < -0.3 is 9.47 Å². The molecule has 26 heavy (non-hydrogen) atoms. The van der Waals surface area contributed by atoms with Gasteiger partial charge >= 0.3 is 0 Å². The maximum Gasteiger partial charge on any atom is 0.222 e. The Morgan fingerprint density at radius 1 is 1.19 bits per heavy atom. The Morgan fingerprint density at radius 3 is 2.77 bits per heavy atom. The monoisotopic (exact) mass is 355 g/mol. The van der Waals surface area contributed by atoms with Crippen molar-refractivity contribution in [3.05, 3.63) is 53.9 Å². The van der Waals surface area contributed by atoms with Gasteiger partial charge in [-0.2, -0.15) is 0 Å². The minimum absolute atomic E-state index is 0.194. The van der Waals surface area contributed by atoms with Crippen molar-refractivity contribution in [1.82, 2.24) is 14.5 Å². The first-order chi connectivity index (χ1) is 12.7. The van der Waals surface area contributed by atoms with E-state index in [9.17, 15) is 9.18 Å². The molecule has 1 saturated carbocycles. The first kappa shape index (κ1) is 17.3. The molecule has 1 aromatic carbocycles. The molecule has 2 aliphatic rings. The number of halogens is 1. The highest BCUT2D eigenvalue weighted by atomic mass is 19.1. The van der Waals surface area contributed by atoms with Crippen LogP contribution < -0.4 is 0 Å². The highest BCUT2D eigenvalue weighted by molar-refractivity contribution is 5.76. The Balaban J connectivity index is 1.34. The molecule has 1 saturated heterocycles. The Labute approximate surface area is 154 Å². The van der Waals surface area contributed by atoms with E-state index >= 15 is 0 Å². The maximum atomic E-state index is 13.0. The summed E-state index contributed by atoms with van der Waals surface area (Å²) < 4.78 is 15.3. The Kier molecular flexibility index (Phi) is 5.05. The van der Waals surface area contributed by atoms with Crippen molar-refractivity contribution in [2.45, 2.75) is 51.0 Å². The SMILES string of the molecule is O=C(CCc1ccc(F)cc1)N1CCCC(c2nccn2CC2CC2)C1. The highest BCUT2D eigenvalue weighted by Gasteiger charge is 2.29. The lowest BCUT2D eigenvalue weighted by Gasteiger charge is -2.33. The summed E-state index contributed by atoms with van der Waals surface area (Å²) in [6.45, 7) is 2.68. The number of rotatable bonds is 6. The number of carbonyl (C=O) groups is 1. The molecule has 1 amide bonds. The zero-order chi connectivity index (χ0) is 17.9. The van der Waals surface area contributed by atoms with E-state index < -0.39 is 0 Å². The van der Waals surface area contributed by atoms with Crippen molar-refractivity contribution in [2.24, 2.45) is 5.92 Å². The zero-order valence-corrected chi connectivity index (χ0v) is 15.1. The van der Waals surface area contributed by atoms with Gasteiger partial charge in [0.05, 0.1) is 0 Å². The molecule has 4 rings (SSSR count). The van der Waals surface area contributed by atoms with Gasteiger partial charge in [-0.05, 0) is 55.7 Å². The average Bonchev–Trinajstić information content (AvgIpc) is 3.36. The number of carbonyl (C=O) groups excluding carboxylic acids is 1. The lowest BCUT2D eigenvalue weighted by Crippen LogP contribution is -2.39. The minimum Gasteiger partial charge on any atom is -0.342 e. The number of aromatic nitrogens is 2. The van der Waals surface area contributed by atoms with E-state index in [0.717, 1.165) is 49.8 Å². The van der Waals surface area contributed by atoms with Gasteiger partial charge in [0, 0.05) is 44.4 Å². The van der Waals surface area contributed by atoms with Crippen molar-refractivity contribution in [3.63, 3.8) is 0 Å². The van der Waals surface area contributed by atoms with Gasteiger partial charge in [-0.25, -0.2) is 9.37 Å². The molecule has 1 unspecified atom stereocenters. The summed E-state index contributed by atoms with van der Waals surface area (Å²) >= 11 is 0. The van der Waals surface area contributed by atoms with Crippen LogP contribution in [0.3, 0.4) is 0 Å². The van der Waals surface area contributed by atoms with Crippen LogP contribution in [-0.4, -0.2) is 33.4 Å². The summed E-state index contributed by atoms with van der Waals surface area (Å²) in [5.41, 5.74) is 1.01. The molecule has 2 heterocycles. The molecule has 4 nitrogen and oxygen atoms in total. The maximum absolute atomic E-state index is 13.0. The summed E-state index contributed by atoms with van der Waals surface area (Å²) in [6.07, 6.45) is 9.92. The van der Waals surface area contributed by atoms with E-state index in [4.69, 9.17) is 0 Å². The standard InChI is InChI=1S/C21H26FN3O/c22-19-8-5-16(6-9-19)7-10-20(26)24-12-1-2-18(15-24)21-23-11-13-25(21)14-17-3-4-17/h5-6,8-9,11,13,17-18H,1-4,7,10,12,14-15H2. The topological polar surface area (TPSA) is 38.1 Å². The second kappa shape index (κ2) is 7.60. The normalized spacial score (nSPS) is 20.3. The van der Waals surface area contributed by atoms with Crippen LogP contribution in [0.25, 0.3) is 0 Å². The number of nitrogens with zero attached hydrogens (tertiary/aromatic N) is 3. The number of hydrogen-bond donors (Lipinski definition) is 0. The van der Waals surface area contributed by atoms with E-state index in [0.29, 0.717) is 18.8 Å². The lowest BCUT2D eigenvalue weighted by molar-refractivity contribution is -0.132. The van der Waals surface area contributed by atoms with Gasteiger partial charge in [0.1, 0.15) is 11.6 Å². The first-order valence-electron chi connectivity index (χ1n) is 9.72. The average molecular weight is 355 g/mol. The largest absolute Gasteiger partial charge is 0.342 e. The second-order valence-electron chi connectivity index (χ2n) is 7.69. The Bertz CT molecular complexity index is 751. The summed E-state index contributed by atoms with van der Waals surface area (Å²) in [5.74, 6) is 2.26. The molecule has 0 radical (unpaired) electrons. The van der Waals surface area contributed by atoms with Gasteiger partial charge in [-0.1, -0.05) is 12.1 Å². The molecule has 138 valence electrons. The molecule has 1 atom stereocenters. The fourth-order valence-electron chi connectivity index (χ4n) is 3.89. The Morgan fingerprint density at radius 2 is 2.00 bits per heavy atom. The number of hydrogen-bond acceptors (Lipinski definition) is 2. The third-order valence-corrected chi connectivity index (χ3v) is 5.58. The van der Waals surface area contributed by atoms with Gasteiger partial charge in [0.2, 0.25) is 5.91 Å². The number of benzene rings is 1. The fraction of sp³-hybridized carbons (Fsp3) is 0.524. The smallest absolute Gasteiger partial charge is 0.222 e. The van der Waals surface area contributed by atoms with Crippen molar-refractivity contribution in [1.29, 1.82) is 0 Å². The molecule has 5 heteroatoms. The van der Waals surface area contributed by atoms with E-state index in [1.165, 1.54) is 25.0 Å². The van der Waals surface area contributed by atoms with Gasteiger partial charge in [-0.3, -0.25) is 4.79 Å². The van der Waals surface area contributed by atoms with Crippen LogP contribution in [0.15, 0.2) is 36.7 Å². The number of amides is 1. The molecule has 1 aliphatic carbocycles. The molecule has 0 N–H and O–H groups in total. The number of piperidine rings is 1. The number of aryl methyl sites for hydroxylation is 1. The number of imidazole rings is 1. The van der Waals surface area contributed by atoms with E-state index in [-0.39, 0.29) is 11.7 Å². The van der Waals surface area contributed by atoms with Crippen LogP contribution in [0.2, 0.25) is 0 Å². The molecular weight excluding hydrogens is 329 g/mol. The third-order valence-electron chi connectivity index (χ3n) is 5.58. The minimum atomic E-state index is -0.236. The molecular formula is C21H26FN3O. The van der Waals surface area contributed by atoms with E-state index in [1.54, 1.807) is 12.1 Å². The number of likely N-dealkylation sites (tertiary alicyclic amines) is 1. The fourth-order valence-corrected chi connectivity index (χ4v) is 3.89. The van der Waals surface area contributed by atoms with Crippen molar-refractivity contribution in [3.8, 4) is 0 Å². The van der Waals surface area contributed by atoms with Crippen molar-refractivity contribution in [2.75, 3.05) is 13.1 Å². The quantitative estimate of drug-likeness (QED) is 0.791. The molecule has 1 aromatic heterocycles. The highest BCUT2D eigenvalue weighted by Crippen LogP contribution is 2.33. The summed E-state index contributed by atoms with van der Waals surface area (Å²) in [5, 5.41) is 0. The van der Waals surface area contributed by atoms with Crippen LogP contribution >= 0.6 is 0 Å². The molecule has 1 aliphatic heterocycles. The predicted molar refractivity (Wildman–Crippen MR) is 98.2 cm³/mol. The van der Waals surface area contributed by atoms with Crippen LogP contribution in [-0.2, 0) is 17.8 Å². The molecule has 0 bridgehead atoms. The van der Waals surface area contributed by atoms with Crippen molar-refractivity contribution >= 4 is 5.91 Å². The molecule has 2 fully saturated rings. The summed E-state index contributed by atoms with van der Waals surface area (Å²) in [4.78, 5) is 19.3. The Hall–Kier alpha value is -2.17. The van der Waals surface area contributed by atoms with Gasteiger partial charge in [0.25, 0.3) is 0 Å². The van der Waals surface area contributed by atoms with Crippen LogP contribution in [0, 0.1) is 11.7 Å². The lowest BCUT2D eigenvalue weighted by atomic mass is 9.96. The van der Waals surface area contributed by atoms with Gasteiger partial charge in [-0.15, -0.1) is 0 Å².